The SMILES string of the molecule is CCCCO/C(=C\O)CCC. The molecule has 0 aliphatic heterocycles. The number of hydrogen-bond donors (Lipinski definition) is 1. The van der Waals surface area contributed by atoms with Crippen molar-refractivity contribution in [3.8, 4) is 0 Å². The zero-order valence-corrected chi connectivity index (χ0v) is 7.47. The fourth-order valence-electron chi connectivity index (χ4n) is 0.768. The minimum Gasteiger partial charge on any atom is -0.512 e. The van der Waals surface area contributed by atoms with E-state index in [1.165, 1.54) is 0 Å². The highest BCUT2D eigenvalue weighted by Gasteiger charge is 1.95. The molecule has 0 aromatic carbocycles. The zero-order valence-electron chi connectivity index (χ0n) is 7.47. The second-order valence-electron chi connectivity index (χ2n) is 2.55. The van der Waals surface area contributed by atoms with Crippen molar-refractivity contribution in [3.63, 3.8) is 0 Å². The Morgan fingerprint density at radius 2 is 2.09 bits per heavy atom. The van der Waals surface area contributed by atoms with Crippen LogP contribution in [0.2, 0.25) is 0 Å². The molecule has 0 unspecified atom stereocenters. The van der Waals surface area contributed by atoms with Crippen LogP contribution in [-0.2, 0) is 4.74 Å². The summed E-state index contributed by atoms with van der Waals surface area (Å²) in [6.07, 6.45) is 5.10. The Morgan fingerprint density at radius 3 is 2.55 bits per heavy atom. The monoisotopic (exact) mass is 158 g/mol. The second-order valence-corrected chi connectivity index (χ2v) is 2.55. The van der Waals surface area contributed by atoms with Gasteiger partial charge in [-0.15, -0.1) is 0 Å². The number of aliphatic hydroxyl groups excluding tert-OH is 1. The van der Waals surface area contributed by atoms with Gasteiger partial charge < -0.3 is 9.84 Å². The molecule has 0 aromatic heterocycles. The van der Waals surface area contributed by atoms with Gasteiger partial charge in [0.25, 0.3) is 0 Å². The minimum absolute atomic E-state index is 0.709. The molecule has 0 atom stereocenters. The molecule has 2 heteroatoms. The summed E-state index contributed by atoms with van der Waals surface area (Å²) in [5.74, 6) is 0.709. The van der Waals surface area contributed by atoms with E-state index in [2.05, 4.69) is 13.8 Å². The maximum Gasteiger partial charge on any atom is 0.130 e. The number of aliphatic hydroxyl groups is 1. The van der Waals surface area contributed by atoms with Crippen LogP contribution < -0.4 is 0 Å². The van der Waals surface area contributed by atoms with Gasteiger partial charge in [0.1, 0.15) is 12.0 Å². The topological polar surface area (TPSA) is 29.5 Å². The molecule has 0 aliphatic rings. The molecule has 0 fully saturated rings. The summed E-state index contributed by atoms with van der Waals surface area (Å²) >= 11 is 0. The summed E-state index contributed by atoms with van der Waals surface area (Å²) in [6, 6.07) is 0. The van der Waals surface area contributed by atoms with Crippen molar-refractivity contribution in [2.75, 3.05) is 6.61 Å². The van der Waals surface area contributed by atoms with Gasteiger partial charge in [-0.05, 0) is 12.8 Å². The van der Waals surface area contributed by atoms with Crippen LogP contribution in [0.4, 0.5) is 0 Å². The zero-order chi connectivity index (χ0) is 8.53. The molecule has 0 bridgehead atoms. The van der Waals surface area contributed by atoms with Crippen LogP contribution in [0.3, 0.4) is 0 Å². The number of allylic oxidation sites excluding steroid dienone is 1. The lowest BCUT2D eigenvalue weighted by molar-refractivity contribution is 0.186. The van der Waals surface area contributed by atoms with Crippen LogP contribution in [0.15, 0.2) is 12.0 Å². The fourth-order valence-corrected chi connectivity index (χ4v) is 0.768. The van der Waals surface area contributed by atoms with E-state index in [0.29, 0.717) is 5.76 Å². The molecule has 66 valence electrons. The van der Waals surface area contributed by atoms with Crippen LogP contribution in [-0.4, -0.2) is 11.7 Å². The number of ether oxygens (including phenoxy) is 1. The quantitative estimate of drug-likeness (QED) is 0.475. The third kappa shape index (κ3) is 5.77. The Kier molecular flexibility index (Phi) is 7.00. The molecule has 0 aromatic rings. The van der Waals surface area contributed by atoms with E-state index in [-0.39, 0.29) is 0 Å². The van der Waals surface area contributed by atoms with Gasteiger partial charge in [0.15, 0.2) is 0 Å². The number of hydrogen-bond acceptors (Lipinski definition) is 2. The standard InChI is InChI=1S/C9H18O2/c1-3-5-7-11-9(8-10)6-4-2/h8,10H,3-7H2,1-2H3/b9-8-. The van der Waals surface area contributed by atoms with Crippen LogP contribution >= 0.6 is 0 Å². The first-order valence-electron chi connectivity index (χ1n) is 4.31. The molecule has 0 radical (unpaired) electrons. The maximum absolute atomic E-state index is 8.67. The highest BCUT2D eigenvalue weighted by Crippen LogP contribution is 2.06. The van der Waals surface area contributed by atoms with Gasteiger partial charge in [-0.1, -0.05) is 20.3 Å². The lowest BCUT2D eigenvalue weighted by Gasteiger charge is -2.06. The highest BCUT2D eigenvalue weighted by atomic mass is 16.5. The van der Waals surface area contributed by atoms with Crippen LogP contribution in [0.1, 0.15) is 39.5 Å². The van der Waals surface area contributed by atoms with Gasteiger partial charge in [-0.2, -0.15) is 0 Å². The predicted molar refractivity (Wildman–Crippen MR) is 46.5 cm³/mol. The molecule has 0 saturated carbocycles. The van der Waals surface area contributed by atoms with Gasteiger partial charge in [0, 0.05) is 6.42 Å². The van der Waals surface area contributed by atoms with E-state index >= 15 is 0 Å². The lowest BCUT2D eigenvalue weighted by atomic mass is 10.3. The summed E-state index contributed by atoms with van der Waals surface area (Å²) in [5.41, 5.74) is 0. The van der Waals surface area contributed by atoms with E-state index in [4.69, 9.17) is 9.84 Å². The van der Waals surface area contributed by atoms with E-state index < -0.39 is 0 Å². The van der Waals surface area contributed by atoms with E-state index in [9.17, 15) is 0 Å². The Bertz CT molecular complexity index is 108. The van der Waals surface area contributed by atoms with Gasteiger partial charge in [0.05, 0.1) is 6.61 Å². The third-order valence-corrected chi connectivity index (χ3v) is 1.43. The second kappa shape index (κ2) is 7.45. The summed E-state index contributed by atoms with van der Waals surface area (Å²) in [7, 11) is 0. The molecular formula is C9H18O2. The first-order chi connectivity index (χ1) is 5.35. The van der Waals surface area contributed by atoms with Crippen molar-refractivity contribution in [1.29, 1.82) is 0 Å². The minimum atomic E-state index is 0.709. The van der Waals surface area contributed by atoms with E-state index in [0.717, 1.165) is 38.6 Å². The molecule has 1 N–H and O–H groups in total. The largest absolute Gasteiger partial charge is 0.512 e. The first-order valence-corrected chi connectivity index (χ1v) is 4.31. The molecule has 0 rings (SSSR count). The van der Waals surface area contributed by atoms with E-state index in [1.807, 2.05) is 0 Å². The van der Waals surface area contributed by atoms with Crippen molar-refractivity contribution in [3.05, 3.63) is 12.0 Å². The fraction of sp³-hybridized carbons (Fsp3) is 0.778. The molecule has 11 heavy (non-hydrogen) atoms. The van der Waals surface area contributed by atoms with Gasteiger partial charge in [-0.3, -0.25) is 0 Å². The van der Waals surface area contributed by atoms with E-state index in [1.54, 1.807) is 0 Å². The van der Waals surface area contributed by atoms with Crippen molar-refractivity contribution in [1.82, 2.24) is 0 Å². The Morgan fingerprint density at radius 1 is 1.36 bits per heavy atom. The average molecular weight is 158 g/mol. The van der Waals surface area contributed by atoms with Crippen molar-refractivity contribution >= 4 is 0 Å². The molecule has 2 nitrogen and oxygen atoms in total. The number of rotatable bonds is 6. The highest BCUT2D eigenvalue weighted by molar-refractivity contribution is 4.85. The van der Waals surface area contributed by atoms with Gasteiger partial charge in [-0.25, -0.2) is 0 Å². The molecule has 0 saturated heterocycles. The van der Waals surface area contributed by atoms with Crippen LogP contribution in [0, 0.1) is 0 Å². The smallest absolute Gasteiger partial charge is 0.130 e. The van der Waals surface area contributed by atoms with Crippen molar-refractivity contribution in [2.45, 2.75) is 39.5 Å². The summed E-state index contributed by atoms with van der Waals surface area (Å²) in [4.78, 5) is 0. The number of unbranched alkanes of at least 4 members (excludes halogenated alkanes) is 1. The molecule has 0 heterocycles. The third-order valence-electron chi connectivity index (χ3n) is 1.43. The Labute approximate surface area is 68.9 Å². The Hall–Kier alpha value is -0.660. The maximum atomic E-state index is 8.67. The predicted octanol–water partition coefficient (Wildman–Crippen LogP) is 3.00. The lowest BCUT2D eigenvalue weighted by Crippen LogP contribution is -1.94. The first kappa shape index (κ1) is 10.3. The summed E-state index contributed by atoms with van der Waals surface area (Å²) < 4.78 is 5.28. The van der Waals surface area contributed by atoms with Crippen molar-refractivity contribution < 1.29 is 9.84 Å². The Balaban J connectivity index is 3.37. The average Bonchev–Trinajstić information content (AvgIpc) is 2.03. The van der Waals surface area contributed by atoms with Crippen LogP contribution in [0.5, 0.6) is 0 Å². The summed E-state index contributed by atoms with van der Waals surface area (Å²) in [5, 5.41) is 8.67. The molecular weight excluding hydrogens is 140 g/mol. The van der Waals surface area contributed by atoms with Crippen LogP contribution in [0.25, 0.3) is 0 Å². The van der Waals surface area contributed by atoms with Crippen molar-refractivity contribution in [2.24, 2.45) is 0 Å². The molecule has 0 aliphatic carbocycles. The van der Waals surface area contributed by atoms with Gasteiger partial charge >= 0.3 is 0 Å². The molecule has 0 amide bonds. The summed E-state index contributed by atoms with van der Waals surface area (Å²) in [6.45, 7) is 4.90. The molecule has 0 spiro atoms. The normalized spacial score (nSPS) is 11.6. The van der Waals surface area contributed by atoms with Gasteiger partial charge in [0.2, 0.25) is 0 Å².